The van der Waals surface area contributed by atoms with Gasteiger partial charge in [0.1, 0.15) is 5.60 Å². The van der Waals surface area contributed by atoms with Crippen LogP contribution in [0.5, 0.6) is 0 Å². The molecule has 2 aromatic rings. The number of ether oxygens (including phenoxy) is 1. The van der Waals surface area contributed by atoms with Gasteiger partial charge in [-0.15, -0.1) is 0 Å². The molecule has 0 unspecified atom stereocenters. The van der Waals surface area contributed by atoms with Gasteiger partial charge in [0.05, 0.1) is 0 Å². The van der Waals surface area contributed by atoms with Crippen molar-refractivity contribution in [3.63, 3.8) is 0 Å². The zero-order valence-electron chi connectivity index (χ0n) is 19.8. The number of nitrogens with zero attached hydrogens (tertiary/aromatic N) is 3. The fraction of sp³-hybridized carbons (Fsp3) is 0.462. The van der Waals surface area contributed by atoms with Gasteiger partial charge in [-0.1, -0.05) is 6.07 Å². The van der Waals surface area contributed by atoms with E-state index >= 15 is 0 Å². The Balaban J connectivity index is 1.32. The van der Waals surface area contributed by atoms with Gasteiger partial charge in [0, 0.05) is 61.9 Å². The highest BCUT2D eigenvalue weighted by atomic mass is 16.6. The second-order valence-electron chi connectivity index (χ2n) is 9.70. The van der Waals surface area contributed by atoms with Crippen LogP contribution in [0.3, 0.4) is 0 Å². The van der Waals surface area contributed by atoms with Crippen LogP contribution in [0.25, 0.3) is 0 Å². The summed E-state index contributed by atoms with van der Waals surface area (Å²) in [4.78, 5) is 31.4. The molecule has 7 heteroatoms. The minimum Gasteiger partial charge on any atom is -0.444 e. The molecular formula is C26H34N4O3. The number of anilines is 3. The van der Waals surface area contributed by atoms with Crippen molar-refractivity contribution in [2.75, 3.05) is 54.4 Å². The molecule has 2 aliphatic heterocycles. The summed E-state index contributed by atoms with van der Waals surface area (Å²) in [6.07, 6.45) is 2.18. The van der Waals surface area contributed by atoms with Gasteiger partial charge < -0.3 is 24.8 Å². The van der Waals surface area contributed by atoms with Crippen LogP contribution in [0.4, 0.5) is 21.9 Å². The average molecular weight is 451 g/mol. The minimum atomic E-state index is -0.486. The van der Waals surface area contributed by atoms with Gasteiger partial charge in [0.25, 0.3) is 5.91 Å². The third kappa shape index (κ3) is 5.97. The lowest BCUT2D eigenvalue weighted by atomic mass is 10.1. The molecule has 7 nitrogen and oxygen atoms in total. The summed E-state index contributed by atoms with van der Waals surface area (Å²) in [5.74, 6) is -0.116. The summed E-state index contributed by atoms with van der Waals surface area (Å²) in [5, 5.41) is 3.02. The van der Waals surface area contributed by atoms with Crippen molar-refractivity contribution in [3.05, 3.63) is 54.1 Å². The van der Waals surface area contributed by atoms with Gasteiger partial charge >= 0.3 is 6.09 Å². The molecule has 176 valence electrons. The Kier molecular flexibility index (Phi) is 6.77. The molecule has 2 heterocycles. The van der Waals surface area contributed by atoms with Crippen molar-refractivity contribution in [3.8, 4) is 0 Å². The molecular weight excluding hydrogens is 416 g/mol. The first-order valence-corrected chi connectivity index (χ1v) is 11.8. The van der Waals surface area contributed by atoms with Crippen molar-refractivity contribution >= 4 is 29.1 Å². The zero-order chi connectivity index (χ0) is 23.4. The molecule has 0 aliphatic carbocycles. The Labute approximate surface area is 196 Å². The normalized spacial score (nSPS) is 16.6. The topological polar surface area (TPSA) is 65.1 Å². The van der Waals surface area contributed by atoms with Gasteiger partial charge in [-0.3, -0.25) is 4.79 Å². The number of piperazine rings is 1. The van der Waals surface area contributed by atoms with Crippen LogP contribution >= 0.6 is 0 Å². The van der Waals surface area contributed by atoms with Crippen molar-refractivity contribution in [1.29, 1.82) is 0 Å². The smallest absolute Gasteiger partial charge is 0.410 e. The number of nitrogens with one attached hydrogen (secondary N) is 1. The standard InChI is InChI=1S/C26H34N4O3/c1-26(2,3)33-25(32)30-17-15-29(16-18-30)22-11-9-20(10-12-22)24(31)27-21-7-6-8-23(19-21)28-13-4-5-14-28/h6-12,19H,4-5,13-18H2,1-3H3,(H,27,31). The summed E-state index contributed by atoms with van der Waals surface area (Å²) >= 11 is 0. The Hall–Kier alpha value is -3.22. The van der Waals surface area contributed by atoms with Gasteiger partial charge in [0.2, 0.25) is 0 Å². The lowest BCUT2D eigenvalue weighted by Gasteiger charge is -2.36. The monoisotopic (exact) mass is 450 g/mol. The molecule has 4 rings (SSSR count). The van der Waals surface area contributed by atoms with E-state index in [1.54, 1.807) is 4.90 Å². The molecule has 0 bridgehead atoms. The van der Waals surface area contributed by atoms with Crippen molar-refractivity contribution in [2.24, 2.45) is 0 Å². The maximum atomic E-state index is 12.8. The quantitative estimate of drug-likeness (QED) is 0.738. The maximum absolute atomic E-state index is 12.8. The van der Waals surface area contributed by atoms with Crippen LogP contribution in [0.2, 0.25) is 0 Å². The molecule has 1 N–H and O–H groups in total. The van der Waals surface area contributed by atoms with Crippen LogP contribution in [0.15, 0.2) is 48.5 Å². The van der Waals surface area contributed by atoms with E-state index in [0.29, 0.717) is 18.7 Å². The number of benzene rings is 2. The number of hydrogen-bond acceptors (Lipinski definition) is 5. The Morgan fingerprint density at radius 2 is 1.45 bits per heavy atom. The fourth-order valence-corrected chi connectivity index (χ4v) is 4.26. The molecule has 2 fully saturated rings. The number of hydrogen-bond donors (Lipinski definition) is 1. The molecule has 0 saturated carbocycles. The predicted molar refractivity (Wildman–Crippen MR) is 132 cm³/mol. The van der Waals surface area contributed by atoms with Gasteiger partial charge in [-0.05, 0) is 76.1 Å². The molecule has 0 radical (unpaired) electrons. The second-order valence-corrected chi connectivity index (χ2v) is 9.70. The average Bonchev–Trinajstić information content (AvgIpc) is 3.33. The predicted octanol–water partition coefficient (Wildman–Crippen LogP) is 4.60. The van der Waals surface area contributed by atoms with E-state index in [4.69, 9.17) is 4.74 Å². The SMILES string of the molecule is CC(C)(C)OC(=O)N1CCN(c2ccc(C(=O)Nc3cccc(N4CCCC4)c3)cc2)CC1. The number of amides is 2. The van der Waals surface area contributed by atoms with Crippen LogP contribution in [0, 0.1) is 0 Å². The number of rotatable bonds is 4. The molecule has 2 aliphatic rings. The van der Waals surface area contributed by atoms with Crippen molar-refractivity contribution in [1.82, 2.24) is 4.90 Å². The molecule has 2 amide bonds. The largest absolute Gasteiger partial charge is 0.444 e. The minimum absolute atomic E-state index is 0.116. The van der Waals surface area contributed by atoms with E-state index in [0.717, 1.165) is 43.2 Å². The summed E-state index contributed by atoms with van der Waals surface area (Å²) in [6.45, 7) is 10.5. The highest BCUT2D eigenvalue weighted by Gasteiger charge is 2.26. The van der Waals surface area contributed by atoms with E-state index < -0.39 is 5.60 Å². The highest BCUT2D eigenvalue weighted by Crippen LogP contribution is 2.24. The Morgan fingerprint density at radius 3 is 2.09 bits per heavy atom. The first-order chi connectivity index (χ1) is 15.8. The Bertz CT molecular complexity index is 970. The van der Waals surface area contributed by atoms with Crippen molar-refractivity contribution < 1.29 is 14.3 Å². The molecule has 2 aromatic carbocycles. The van der Waals surface area contributed by atoms with Crippen LogP contribution in [-0.4, -0.2) is 61.8 Å². The first kappa shape index (κ1) is 23.0. The zero-order valence-corrected chi connectivity index (χ0v) is 19.8. The summed E-state index contributed by atoms with van der Waals surface area (Å²) in [7, 11) is 0. The van der Waals surface area contributed by atoms with E-state index in [2.05, 4.69) is 21.2 Å². The van der Waals surface area contributed by atoms with E-state index in [-0.39, 0.29) is 12.0 Å². The summed E-state index contributed by atoms with van der Waals surface area (Å²) in [6, 6.07) is 15.7. The summed E-state index contributed by atoms with van der Waals surface area (Å²) in [5.41, 5.74) is 3.15. The van der Waals surface area contributed by atoms with E-state index in [1.165, 1.54) is 12.8 Å². The van der Waals surface area contributed by atoms with Crippen LogP contribution in [-0.2, 0) is 4.74 Å². The molecule has 33 heavy (non-hydrogen) atoms. The maximum Gasteiger partial charge on any atom is 0.410 e. The lowest BCUT2D eigenvalue weighted by Crippen LogP contribution is -2.50. The highest BCUT2D eigenvalue weighted by molar-refractivity contribution is 6.04. The van der Waals surface area contributed by atoms with Crippen LogP contribution in [0.1, 0.15) is 44.0 Å². The van der Waals surface area contributed by atoms with Gasteiger partial charge in [-0.2, -0.15) is 0 Å². The molecule has 2 saturated heterocycles. The summed E-state index contributed by atoms with van der Waals surface area (Å²) < 4.78 is 5.47. The number of carbonyl (C=O) groups is 2. The van der Waals surface area contributed by atoms with Gasteiger partial charge in [-0.25, -0.2) is 4.79 Å². The lowest BCUT2D eigenvalue weighted by molar-refractivity contribution is 0.0240. The second kappa shape index (κ2) is 9.73. The fourth-order valence-electron chi connectivity index (χ4n) is 4.26. The third-order valence-corrected chi connectivity index (χ3v) is 6.00. The molecule has 0 spiro atoms. The number of carbonyl (C=O) groups excluding carboxylic acids is 2. The molecule has 0 atom stereocenters. The first-order valence-electron chi connectivity index (χ1n) is 11.8. The third-order valence-electron chi connectivity index (χ3n) is 6.00. The molecule has 0 aromatic heterocycles. The van der Waals surface area contributed by atoms with Crippen molar-refractivity contribution in [2.45, 2.75) is 39.2 Å². The van der Waals surface area contributed by atoms with E-state index in [1.807, 2.05) is 63.2 Å². The van der Waals surface area contributed by atoms with Crippen LogP contribution < -0.4 is 15.1 Å². The Morgan fingerprint density at radius 1 is 0.818 bits per heavy atom. The van der Waals surface area contributed by atoms with Gasteiger partial charge in [0.15, 0.2) is 0 Å². The van der Waals surface area contributed by atoms with E-state index in [9.17, 15) is 9.59 Å².